The third-order valence-corrected chi connectivity index (χ3v) is 3.40. The molecule has 1 aromatic heterocycles. The number of amides is 2. The Labute approximate surface area is 157 Å². The molecule has 1 aromatic carbocycles. The first kappa shape index (κ1) is 21.1. The summed E-state index contributed by atoms with van der Waals surface area (Å²) in [5, 5.41) is 4.83. The highest BCUT2D eigenvalue weighted by Crippen LogP contribution is 2.19. The highest BCUT2D eigenvalue weighted by Gasteiger charge is 2.29. The van der Waals surface area contributed by atoms with Crippen LogP contribution < -0.4 is 15.4 Å². The van der Waals surface area contributed by atoms with E-state index in [1.54, 1.807) is 6.07 Å². The molecule has 0 aliphatic carbocycles. The minimum absolute atomic E-state index is 0.0942. The first-order valence-electron chi connectivity index (χ1n) is 8.14. The van der Waals surface area contributed by atoms with Crippen molar-refractivity contribution in [3.05, 3.63) is 59.5 Å². The Hall–Kier alpha value is -3.17. The third-order valence-electron chi connectivity index (χ3n) is 3.40. The Morgan fingerprint density at radius 2 is 1.86 bits per heavy atom. The molecule has 0 fully saturated rings. The number of hydrogen-bond donors (Lipinski definition) is 2. The molecule has 150 valence electrons. The van der Waals surface area contributed by atoms with Gasteiger partial charge >= 0.3 is 6.18 Å². The first-order chi connectivity index (χ1) is 13.2. The van der Waals surface area contributed by atoms with Gasteiger partial charge in [0.1, 0.15) is 5.82 Å². The molecular formula is C18H17F4N3O3. The number of halogens is 4. The van der Waals surface area contributed by atoms with E-state index in [2.05, 4.69) is 20.4 Å². The van der Waals surface area contributed by atoms with Crippen LogP contribution in [0.15, 0.2) is 42.6 Å². The van der Waals surface area contributed by atoms with Crippen LogP contribution >= 0.6 is 0 Å². The number of ether oxygens (including phenoxy) is 1. The number of alkyl halides is 3. The van der Waals surface area contributed by atoms with E-state index in [1.165, 1.54) is 36.5 Å². The van der Waals surface area contributed by atoms with Crippen LogP contribution in [-0.2, 0) is 22.6 Å². The minimum Gasteiger partial charge on any atom is -0.468 e. The van der Waals surface area contributed by atoms with Crippen LogP contribution in [0.5, 0.6) is 5.88 Å². The highest BCUT2D eigenvalue weighted by atomic mass is 19.4. The van der Waals surface area contributed by atoms with E-state index in [-0.39, 0.29) is 31.0 Å². The normalized spacial score (nSPS) is 11.0. The van der Waals surface area contributed by atoms with Gasteiger partial charge < -0.3 is 15.4 Å². The summed E-state index contributed by atoms with van der Waals surface area (Å²) in [4.78, 5) is 27.3. The Kier molecular flexibility index (Phi) is 7.30. The summed E-state index contributed by atoms with van der Waals surface area (Å²) in [6.45, 7) is -1.96. The van der Waals surface area contributed by atoms with Gasteiger partial charge in [0.2, 0.25) is 17.7 Å². The van der Waals surface area contributed by atoms with E-state index in [4.69, 9.17) is 0 Å². The molecule has 0 aliphatic rings. The Morgan fingerprint density at radius 3 is 2.57 bits per heavy atom. The van der Waals surface area contributed by atoms with Crippen LogP contribution in [0.4, 0.5) is 17.6 Å². The van der Waals surface area contributed by atoms with Gasteiger partial charge in [0, 0.05) is 18.3 Å². The molecular weight excluding hydrogens is 382 g/mol. The first-order valence-corrected chi connectivity index (χ1v) is 8.14. The molecule has 0 aliphatic heterocycles. The van der Waals surface area contributed by atoms with E-state index in [0.29, 0.717) is 5.56 Å². The van der Waals surface area contributed by atoms with E-state index >= 15 is 0 Å². The predicted molar refractivity (Wildman–Crippen MR) is 90.7 cm³/mol. The second kappa shape index (κ2) is 9.67. The zero-order valence-corrected chi connectivity index (χ0v) is 14.6. The molecule has 0 atom stereocenters. The van der Waals surface area contributed by atoms with Crippen molar-refractivity contribution in [1.29, 1.82) is 0 Å². The molecule has 2 aromatic rings. The van der Waals surface area contributed by atoms with E-state index in [9.17, 15) is 27.2 Å². The molecule has 0 spiro atoms. The smallest absolute Gasteiger partial charge is 0.422 e. The van der Waals surface area contributed by atoms with Gasteiger partial charge in [-0.2, -0.15) is 13.2 Å². The number of pyridine rings is 1. The standard InChI is InChI=1S/C18H17F4N3O3/c19-14-5-1-3-12(7-14)8-15(26)25-10-16(27)24-9-13-4-2-6-23-17(13)28-11-18(20,21)22/h1-7H,8-11H2,(H,24,27)(H,25,26). The van der Waals surface area contributed by atoms with Crippen molar-refractivity contribution in [2.24, 2.45) is 0 Å². The van der Waals surface area contributed by atoms with Crippen LogP contribution in [0.2, 0.25) is 0 Å². The van der Waals surface area contributed by atoms with Crippen molar-refractivity contribution in [2.45, 2.75) is 19.1 Å². The van der Waals surface area contributed by atoms with Gasteiger partial charge in [-0.3, -0.25) is 9.59 Å². The maximum atomic E-state index is 13.1. The van der Waals surface area contributed by atoms with Gasteiger partial charge in [-0.25, -0.2) is 9.37 Å². The molecule has 0 radical (unpaired) electrons. The summed E-state index contributed by atoms with van der Waals surface area (Å²) in [5.74, 6) is -1.74. The largest absolute Gasteiger partial charge is 0.468 e. The average Bonchev–Trinajstić information content (AvgIpc) is 2.63. The quantitative estimate of drug-likeness (QED) is 0.667. The summed E-state index contributed by atoms with van der Waals surface area (Å²) in [7, 11) is 0. The summed E-state index contributed by atoms with van der Waals surface area (Å²) < 4.78 is 54.5. The molecule has 0 saturated carbocycles. The summed E-state index contributed by atoms with van der Waals surface area (Å²) in [6.07, 6.45) is -3.34. The van der Waals surface area contributed by atoms with Gasteiger partial charge in [-0.15, -0.1) is 0 Å². The summed E-state index contributed by atoms with van der Waals surface area (Å²) in [6, 6.07) is 8.46. The SMILES string of the molecule is O=C(CNC(=O)Cc1cccc(F)c1)NCc1cccnc1OCC(F)(F)F. The lowest BCUT2D eigenvalue weighted by atomic mass is 10.1. The van der Waals surface area contributed by atoms with Crippen molar-refractivity contribution in [3.8, 4) is 5.88 Å². The van der Waals surface area contributed by atoms with Crippen molar-refractivity contribution >= 4 is 11.8 Å². The number of carbonyl (C=O) groups is 2. The van der Waals surface area contributed by atoms with Gasteiger partial charge in [0.05, 0.1) is 13.0 Å². The van der Waals surface area contributed by atoms with Crippen molar-refractivity contribution < 1.29 is 31.9 Å². The number of rotatable bonds is 8. The lowest BCUT2D eigenvalue weighted by Crippen LogP contribution is -2.37. The monoisotopic (exact) mass is 399 g/mol. The number of nitrogens with one attached hydrogen (secondary N) is 2. The lowest BCUT2D eigenvalue weighted by molar-refractivity contribution is -0.154. The second-order valence-electron chi connectivity index (χ2n) is 5.73. The van der Waals surface area contributed by atoms with Crippen LogP contribution in [0.25, 0.3) is 0 Å². The highest BCUT2D eigenvalue weighted by molar-refractivity contribution is 5.85. The molecule has 0 saturated heterocycles. The fraction of sp³-hybridized carbons (Fsp3) is 0.278. The molecule has 1 heterocycles. The maximum Gasteiger partial charge on any atom is 0.422 e. The molecule has 0 unspecified atom stereocenters. The molecule has 2 rings (SSSR count). The van der Waals surface area contributed by atoms with Crippen LogP contribution in [0.1, 0.15) is 11.1 Å². The van der Waals surface area contributed by atoms with E-state index in [0.717, 1.165) is 0 Å². The Bertz CT molecular complexity index is 828. The second-order valence-corrected chi connectivity index (χ2v) is 5.73. The molecule has 6 nitrogen and oxygen atoms in total. The van der Waals surface area contributed by atoms with E-state index < -0.39 is 30.4 Å². The topological polar surface area (TPSA) is 80.3 Å². The predicted octanol–water partition coefficient (Wildman–Crippen LogP) is 2.14. The van der Waals surface area contributed by atoms with Gasteiger partial charge in [-0.1, -0.05) is 18.2 Å². The molecule has 10 heteroatoms. The number of benzene rings is 1. The molecule has 0 bridgehead atoms. The Morgan fingerprint density at radius 1 is 1.07 bits per heavy atom. The zero-order valence-electron chi connectivity index (χ0n) is 14.6. The van der Waals surface area contributed by atoms with Crippen LogP contribution in [-0.4, -0.2) is 36.1 Å². The number of aromatic nitrogens is 1. The molecule has 28 heavy (non-hydrogen) atoms. The number of carbonyl (C=O) groups excluding carboxylic acids is 2. The number of hydrogen-bond acceptors (Lipinski definition) is 4. The van der Waals surface area contributed by atoms with Crippen molar-refractivity contribution in [1.82, 2.24) is 15.6 Å². The summed E-state index contributed by atoms with van der Waals surface area (Å²) in [5.41, 5.74) is 0.714. The maximum absolute atomic E-state index is 13.1. The van der Waals surface area contributed by atoms with E-state index in [1.807, 2.05) is 0 Å². The number of nitrogens with zero attached hydrogens (tertiary/aromatic N) is 1. The molecule has 2 N–H and O–H groups in total. The third kappa shape index (κ3) is 7.60. The van der Waals surface area contributed by atoms with Gasteiger partial charge in [-0.05, 0) is 23.8 Å². The zero-order chi connectivity index (χ0) is 20.6. The summed E-state index contributed by atoms with van der Waals surface area (Å²) >= 11 is 0. The fourth-order valence-electron chi connectivity index (χ4n) is 2.17. The van der Waals surface area contributed by atoms with Gasteiger partial charge in [0.25, 0.3) is 0 Å². The average molecular weight is 399 g/mol. The minimum atomic E-state index is -4.51. The Balaban J connectivity index is 1.79. The van der Waals surface area contributed by atoms with Crippen LogP contribution in [0.3, 0.4) is 0 Å². The van der Waals surface area contributed by atoms with Crippen molar-refractivity contribution in [3.63, 3.8) is 0 Å². The molecule has 2 amide bonds. The van der Waals surface area contributed by atoms with Gasteiger partial charge in [0.15, 0.2) is 6.61 Å². The lowest BCUT2D eigenvalue weighted by Gasteiger charge is -2.12. The van der Waals surface area contributed by atoms with Crippen molar-refractivity contribution in [2.75, 3.05) is 13.2 Å². The van der Waals surface area contributed by atoms with Crippen LogP contribution in [0, 0.1) is 5.82 Å². The fourth-order valence-corrected chi connectivity index (χ4v) is 2.17.